The van der Waals surface area contributed by atoms with Gasteiger partial charge in [0.25, 0.3) is 0 Å². The third-order valence-corrected chi connectivity index (χ3v) is 6.39. The van der Waals surface area contributed by atoms with Gasteiger partial charge in [0.1, 0.15) is 29.9 Å². The molecule has 2 saturated heterocycles. The summed E-state index contributed by atoms with van der Waals surface area (Å²) >= 11 is 0. The Bertz CT molecular complexity index is 1310. The van der Waals surface area contributed by atoms with E-state index in [9.17, 15) is 24.3 Å². The van der Waals surface area contributed by atoms with Crippen molar-refractivity contribution in [2.24, 2.45) is 5.73 Å². The maximum atomic E-state index is 15.1. The lowest BCUT2D eigenvalue weighted by Crippen LogP contribution is -2.40. The predicted octanol–water partition coefficient (Wildman–Crippen LogP) is 1.24. The highest BCUT2D eigenvalue weighted by atomic mass is 19.1. The second-order valence-electron chi connectivity index (χ2n) is 9.34. The molecule has 0 bridgehead atoms. The topological polar surface area (TPSA) is 164 Å². The number of aliphatic hydroxyl groups is 1. The van der Waals surface area contributed by atoms with Crippen molar-refractivity contribution in [3.05, 3.63) is 48.0 Å². The number of hydrogen-bond acceptors (Lipinski definition) is 8. The summed E-state index contributed by atoms with van der Waals surface area (Å²) in [6.07, 6.45) is -3.96. The van der Waals surface area contributed by atoms with Crippen molar-refractivity contribution in [2.75, 3.05) is 42.5 Å². The molecule has 4 amide bonds. The number of amides is 4. The maximum Gasteiger partial charge on any atom is 0.414 e. The van der Waals surface area contributed by atoms with Gasteiger partial charge in [0.15, 0.2) is 0 Å². The molecule has 5 N–H and O–H groups in total. The van der Waals surface area contributed by atoms with Crippen molar-refractivity contribution in [1.29, 1.82) is 0 Å². The Morgan fingerprint density at radius 2 is 1.43 bits per heavy atom. The van der Waals surface area contributed by atoms with Crippen molar-refractivity contribution >= 4 is 35.4 Å². The fraction of sp³-hybridized carbons (Fsp3) is 0.385. The van der Waals surface area contributed by atoms with E-state index in [0.29, 0.717) is 0 Å². The van der Waals surface area contributed by atoms with Crippen LogP contribution in [0.15, 0.2) is 36.4 Å². The Kier molecular flexibility index (Phi) is 8.80. The summed E-state index contributed by atoms with van der Waals surface area (Å²) in [5.74, 6) is -2.50. The van der Waals surface area contributed by atoms with Crippen LogP contribution in [0, 0.1) is 11.6 Å². The number of ether oxygens (including phenoxy) is 2. The van der Waals surface area contributed by atoms with Gasteiger partial charge in [-0.3, -0.25) is 19.4 Å². The molecule has 0 aromatic heterocycles. The minimum Gasteiger partial charge on any atom is -0.442 e. The summed E-state index contributed by atoms with van der Waals surface area (Å²) in [6, 6.07) is 7.70. The number of carbonyl (C=O) groups is 4. The maximum absolute atomic E-state index is 15.1. The summed E-state index contributed by atoms with van der Waals surface area (Å²) in [5.41, 5.74) is 5.57. The summed E-state index contributed by atoms with van der Waals surface area (Å²) in [4.78, 5) is 49.9. The lowest BCUT2D eigenvalue weighted by atomic mass is 10.0. The van der Waals surface area contributed by atoms with E-state index in [1.807, 2.05) is 0 Å². The molecule has 12 nitrogen and oxygen atoms in total. The zero-order valence-corrected chi connectivity index (χ0v) is 21.6. The van der Waals surface area contributed by atoms with Crippen LogP contribution in [0.3, 0.4) is 0 Å². The Labute approximate surface area is 228 Å². The molecule has 2 heterocycles. The number of carbonyl (C=O) groups excluding carboxylic acids is 4. The van der Waals surface area contributed by atoms with E-state index < -0.39 is 48.0 Å². The van der Waals surface area contributed by atoms with Gasteiger partial charge in [0.2, 0.25) is 11.8 Å². The fourth-order valence-corrected chi connectivity index (χ4v) is 4.34. The number of benzene rings is 2. The minimum absolute atomic E-state index is 0.0167. The average Bonchev–Trinajstić information content (AvgIpc) is 3.48. The Morgan fingerprint density at radius 3 is 1.85 bits per heavy atom. The lowest BCUT2D eigenvalue weighted by Gasteiger charge is -2.16. The van der Waals surface area contributed by atoms with Crippen molar-refractivity contribution in [3.63, 3.8) is 0 Å². The van der Waals surface area contributed by atoms with Crippen LogP contribution in [-0.4, -0.2) is 80.1 Å². The number of cyclic esters (lactones) is 2. The van der Waals surface area contributed by atoms with Crippen LogP contribution in [0.5, 0.6) is 0 Å². The van der Waals surface area contributed by atoms with E-state index in [1.54, 1.807) is 0 Å². The largest absolute Gasteiger partial charge is 0.442 e. The van der Waals surface area contributed by atoms with Crippen LogP contribution in [0.25, 0.3) is 11.1 Å². The van der Waals surface area contributed by atoms with Gasteiger partial charge in [-0.2, -0.15) is 0 Å². The van der Waals surface area contributed by atoms with E-state index in [1.165, 1.54) is 41.0 Å². The first-order valence-corrected chi connectivity index (χ1v) is 12.5. The van der Waals surface area contributed by atoms with Crippen molar-refractivity contribution in [1.82, 2.24) is 10.6 Å². The molecule has 2 fully saturated rings. The zero-order valence-electron chi connectivity index (χ0n) is 21.6. The molecular formula is C26H29F2N5O7. The summed E-state index contributed by atoms with van der Waals surface area (Å²) in [7, 11) is 0. The lowest BCUT2D eigenvalue weighted by molar-refractivity contribution is -0.129. The molecule has 14 heteroatoms. The van der Waals surface area contributed by atoms with Crippen LogP contribution in [0.1, 0.15) is 13.3 Å². The van der Waals surface area contributed by atoms with Crippen LogP contribution in [0.4, 0.5) is 29.7 Å². The molecular weight excluding hydrogens is 532 g/mol. The van der Waals surface area contributed by atoms with Gasteiger partial charge in [0, 0.05) is 18.1 Å². The highest BCUT2D eigenvalue weighted by Gasteiger charge is 2.34. The van der Waals surface area contributed by atoms with Gasteiger partial charge in [0.05, 0.1) is 37.6 Å². The second kappa shape index (κ2) is 12.3. The normalized spacial score (nSPS) is 19.3. The Hall–Kier alpha value is -4.30. The quantitative estimate of drug-likeness (QED) is 0.337. The number of anilines is 2. The first kappa shape index (κ1) is 28.7. The molecule has 2 aromatic rings. The molecule has 0 radical (unpaired) electrons. The third-order valence-electron chi connectivity index (χ3n) is 6.39. The zero-order chi connectivity index (χ0) is 29.0. The van der Waals surface area contributed by atoms with E-state index in [2.05, 4.69) is 10.6 Å². The highest BCUT2D eigenvalue weighted by molar-refractivity contribution is 5.91. The number of hydrogen-bond donors (Lipinski definition) is 4. The molecule has 0 unspecified atom stereocenters. The molecule has 0 saturated carbocycles. The van der Waals surface area contributed by atoms with Gasteiger partial charge in [-0.1, -0.05) is 0 Å². The van der Waals surface area contributed by atoms with Crippen LogP contribution >= 0.6 is 0 Å². The molecule has 40 heavy (non-hydrogen) atoms. The molecule has 3 atom stereocenters. The number of nitrogens with one attached hydrogen (secondary N) is 2. The van der Waals surface area contributed by atoms with E-state index >= 15 is 8.78 Å². The molecule has 0 spiro atoms. The molecule has 2 aromatic carbocycles. The minimum atomic E-state index is -1.27. The van der Waals surface area contributed by atoms with Gasteiger partial charge in [-0.15, -0.1) is 0 Å². The van der Waals surface area contributed by atoms with Crippen LogP contribution in [-0.2, 0) is 19.1 Å². The van der Waals surface area contributed by atoms with E-state index in [4.69, 9.17) is 15.2 Å². The molecule has 0 aliphatic carbocycles. The van der Waals surface area contributed by atoms with Crippen molar-refractivity contribution in [2.45, 2.75) is 31.7 Å². The highest BCUT2D eigenvalue weighted by Crippen LogP contribution is 2.33. The fourth-order valence-electron chi connectivity index (χ4n) is 4.34. The number of aliphatic hydroxyl groups excluding tert-OH is 1. The number of halogens is 2. The molecule has 2 aliphatic rings. The second-order valence-corrected chi connectivity index (χ2v) is 9.34. The smallest absolute Gasteiger partial charge is 0.414 e. The molecule has 4 rings (SSSR count). The van der Waals surface area contributed by atoms with Gasteiger partial charge < -0.3 is 30.9 Å². The van der Waals surface area contributed by atoms with E-state index in [0.717, 1.165) is 12.1 Å². The molecule has 214 valence electrons. The van der Waals surface area contributed by atoms with Gasteiger partial charge in [-0.25, -0.2) is 18.4 Å². The first-order valence-electron chi connectivity index (χ1n) is 12.5. The summed E-state index contributed by atoms with van der Waals surface area (Å²) in [6.45, 7) is 1.65. The van der Waals surface area contributed by atoms with Crippen LogP contribution in [0.2, 0.25) is 0 Å². The predicted molar refractivity (Wildman–Crippen MR) is 138 cm³/mol. The van der Waals surface area contributed by atoms with Gasteiger partial charge >= 0.3 is 12.2 Å². The Morgan fingerprint density at radius 1 is 0.950 bits per heavy atom. The van der Waals surface area contributed by atoms with Crippen LogP contribution < -0.4 is 26.2 Å². The summed E-state index contributed by atoms with van der Waals surface area (Å²) in [5, 5.41) is 14.7. The SMILES string of the molecule is CC(=O)NC[C@H]1CN(c2ccc(-c3ccc(N4C[C@H](CNC(=O)[C@@H](O)CCN)OC4=O)cc3F)c(F)c2)C(=O)O1. The first-order chi connectivity index (χ1) is 19.1. The Balaban J connectivity index is 1.42. The number of rotatable bonds is 10. The van der Waals surface area contributed by atoms with Crippen molar-refractivity contribution in [3.8, 4) is 11.1 Å². The standard InChI is InChI=1S/C26H29F2N5O7/c1-14(34)30-10-17-12-32(25(37)39-17)15-2-4-19(21(27)8-15)20-5-3-16(9-22(20)28)33-13-18(40-26(33)38)11-31-24(36)23(35)6-7-29/h2-5,8-9,17-18,23,35H,6-7,10-13,29H2,1H3,(H,30,34)(H,31,36)/t17-,18-,23-/m0/s1. The summed E-state index contributed by atoms with van der Waals surface area (Å²) < 4.78 is 40.6. The number of nitrogens with two attached hydrogens (primary N) is 1. The van der Waals surface area contributed by atoms with Crippen molar-refractivity contribution < 1.29 is 42.5 Å². The third kappa shape index (κ3) is 6.46. The monoisotopic (exact) mass is 561 g/mol. The number of nitrogens with zero attached hydrogens (tertiary/aromatic N) is 2. The average molecular weight is 562 g/mol. The van der Waals surface area contributed by atoms with E-state index in [-0.39, 0.29) is 67.6 Å². The molecule has 2 aliphatic heterocycles. The van der Waals surface area contributed by atoms with Gasteiger partial charge in [-0.05, 0) is 49.4 Å².